The summed E-state index contributed by atoms with van der Waals surface area (Å²) in [6.07, 6.45) is 6.96. The molecular weight excluding hydrogens is 523 g/mol. The van der Waals surface area contributed by atoms with Gasteiger partial charge in [-0.25, -0.2) is 0 Å². The van der Waals surface area contributed by atoms with Crippen molar-refractivity contribution in [2.75, 3.05) is 0 Å². The second-order valence-electron chi connectivity index (χ2n) is 13.9. The number of hydrogen-bond acceptors (Lipinski definition) is 2. The van der Waals surface area contributed by atoms with Crippen LogP contribution >= 0.6 is 0 Å². The van der Waals surface area contributed by atoms with Crippen LogP contribution in [-0.2, 0) is 5.41 Å². The second-order valence-corrected chi connectivity index (χ2v) is 13.9. The maximum atomic E-state index is 10.5. The van der Waals surface area contributed by atoms with Crippen molar-refractivity contribution in [1.82, 2.24) is 0 Å². The molecule has 0 heterocycles. The third-order valence-corrected chi connectivity index (χ3v) is 12.0. The molecule has 0 atom stereocenters. The van der Waals surface area contributed by atoms with Gasteiger partial charge in [-0.15, -0.1) is 0 Å². The molecule has 0 amide bonds. The molecular formula is C40H33BO2. The van der Waals surface area contributed by atoms with Crippen molar-refractivity contribution >= 4 is 44.9 Å². The summed E-state index contributed by atoms with van der Waals surface area (Å²) in [6.45, 7) is 0. The van der Waals surface area contributed by atoms with E-state index in [4.69, 9.17) is 0 Å². The molecule has 0 saturated heterocycles. The van der Waals surface area contributed by atoms with E-state index in [9.17, 15) is 10.0 Å². The van der Waals surface area contributed by atoms with E-state index in [2.05, 4.69) is 78.9 Å². The van der Waals surface area contributed by atoms with Gasteiger partial charge in [-0.1, -0.05) is 84.9 Å². The minimum atomic E-state index is -1.54. The van der Waals surface area contributed by atoms with Crippen molar-refractivity contribution in [3.05, 3.63) is 114 Å². The molecule has 4 fully saturated rings. The molecule has 0 unspecified atom stereocenters. The summed E-state index contributed by atoms with van der Waals surface area (Å²) in [5, 5.41) is 27.6. The Hall–Kier alpha value is -3.92. The fourth-order valence-corrected chi connectivity index (χ4v) is 10.8. The van der Waals surface area contributed by atoms with Gasteiger partial charge >= 0.3 is 7.12 Å². The lowest BCUT2D eigenvalue weighted by Crippen LogP contribution is -2.55. The van der Waals surface area contributed by atoms with Crippen LogP contribution in [0.1, 0.15) is 43.2 Å². The van der Waals surface area contributed by atoms with Gasteiger partial charge in [0.15, 0.2) is 0 Å². The molecule has 5 aliphatic carbocycles. The zero-order valence-corrected chi connectivity index (χ0v) is 24.1. The van der Waals surface area contributed by atoms with E-state index in [0.29, 0.717) is 5.46 Å². The van der Waals surface area contributed by atoms with Crippen molar-refractivity contribution in [1.29, 1.82) is 0 Å². The average Bonchev–Trinajstić information content (AvgIpc) is 3.29. The molecule has 208 valence electrons. The number of hydrogen-bond donors (Lipinski definition) is 2. The molecule has 0 radical (unpaired) electrons. The van der Waals surface area contributed by atoms with Gasteiger partial charge in [-0.05, 0) is 145 Å². The number of rotatable bonds is 2. The van der Waals surface area contributed by atoms with Crippen LogP contribution in [0, 0.1) is 23.7 Å². The van der Waals surface area contributed by atoms with Gasteiger partial charge in [0.1, 0.15) is 0 Å². The fraction of sp³-hybridized carbons (Fsp3) is 0.250. The van der Waals surface area contributed by atoms with E-state index in [0.717, 1.165) is 45.2 Å². The van der Waals surface area contributed by atoms with Crippen molar-refractivity contribution in [2.24, 2.45) is 23.7 Å². The van der Waals surface area contributed by atoms with Crippen molar-refractivity contribution in [3.8, 4) is 22.3 Å². The molecule has 0 aliphatic heterocycles. The van der Waals surface area contributed by atoms with Crippen LogP contribution in [0.3, 0.4) is 0 Å². The summed E-state index contributed by atoms with van der Waals surface area (Å²) in [6, 6.07) is 37.7. The monoisotopic (exact) mass is 556 g/mol. The molecule has 6 aromatic carbocycles. The highest BCUT2D eigenvalue weighted by atomic mass is 16.4. The first-order valence-electron chi connectivity index (χ1n) is 16.1. The molecule has 3 heteroatoms. The highest BCUT2D eigenvalue weighted by Crippen LogP contribution is 2.69. The predicted octanol–water partition coefficient (Wildman–Crippen LogP) is 8.22. The Morgan fingerprint density at radius 1 is 0.535 bits per heavy atom. The summed E-state index contributed by atoms with van der Waals surface area (Å²) >= 11 is 0. The molecule has 0 aromatic heterocycles. The van der Waals surface area contributed by atoms with Gasteiger partial charge in [0.2, 0.25) is 0 Å². The van der Waals surface area contributed by atoms with Crippen molar-refractivity contribution in [2.45, 2.75) is 37.5 Å². The standard InChI is InChI=1S/C40H33BO2/c42-41(43)39-32-11-5-3-9-30(32)38(31-10-4-6-12-33(31)39)27-13-14-36-34(21-27)35-20-25-7-1-2-8-26(25)22-37(35)40(36)28-16-23-15-24(18-28)19-29(40)17-23/h1-14,20-24,28-29,42-43H,15-19H2. The van der Waals surface area contributed by atoms with Crippen LogP contribution < -0.4 is 5.46 Å². The van der Waals surface area contributed by atoms with E-state index < -0.39 is 7.12 Å². The zero-order valence-electron chi connectivity index (χ0n) is 24.1. The summed E-state index contributed by atoms with van der Waals surface area (Å²) in [5.41, 5.74) is 9.06. The van der Waals surface area contributed by atoms with E-state index in [1.807, 2.05) is 24.3 Å². The van der Waals surface area contributed by atoms with Crippen LogP contribution in [0.5, 0.6) is 0 Å². The highest BCUT2D eigenvalue weighted by Gasteiger charge is 2.61. The first-order chi connectivity index (χ1) is 21.1. The summed E-state index contributed by atoms with van der Waals surface area (Å²) < 4.78 is 0. The molecule has 4 saturated carbocycles. The topological polar surface area (TPSA) is 40.5 Å². The number of benzene rings is 6. The van der Waals surface area contributed by atoms with Gasteiger partial charge in [0.25, 0.3) is 0 Å². The van der Waals surface area contributed by atoms with E-state index in [-0.39, 0.29) is 5.41 Å². The van der Waals surface area contributed by atoms with Crippen LogP contribution in [0.4, 0.5) is 0 Å². The molecule has 1 spiro atoms. The summed E-state index contributed by atoms with van der Waals surface area (Å²) in [5.74, 6) is 3.28. The lowest BCUT2D eigenvalue weighted by Gasteiger charge is -2.61. The zero-order chi connectivity index (χ0) is 28.4. The first kappa shape index (κ1) is 24.5. The van der Waals surface area contributed by atoms with Crippen molar-refractivity contribution < 1.29 is 10.0 Å². The minimum Gasteiger partial charge on any atom is -0.423 e. The largest absolute Gasteiger partial charge is 0.489 e. The molecule has 11 rings (SSSR count). The lowest BCUT2D eigenvalue weighted by molar-refractivity contribution is -0.0398. The van der Waals surface area contributed by atoms with Crippen LogP contribution in [0.25, 0.3) is 54.6 Å². The van der Waals surface area contributed by atoms with E-state index in [1.165, 1.54) is 65.1 Å². The van der Waals surface area contributed by atoms with E-state index in [1.54, 1.807) is 11.1 Å². The fourth-order valence-electron chi connectivity index (χ4n) is 10.8. The summed E-state index contributed by atoms with van der Waals surface area (Å²) in [7, 11) is -1.54. The van der Waals surface area contributed by atoms with Gasteiger partial charge in [-0.3, -0.25) is 0 Å². The van der Waals surface area contributed by atoms with Crippen LogP contribution in [-0.4, -0.2) is 17.2 Å². The van der Waals surface area contributed by atoms with Gasteiger partial charge in [0, 0.05) is 5.41 Å². The molecule has 6 aromatic rings. The first-order valence-corrected chi connectivity index (χ1v) is 16.1. The van der Waals surface area contributed by atoms with Gasteiger partial charge < -0.3 is 10.0 Å². The third kappa shape index (κ3) is 3.12. The van der Waals surface area contributed by atoms with Crippen LogP contribution in [0.15, 0.2) is 103 Å². The van der Waals surface area contributed by atoms with E-state index >= 15 is 0 Å². The Morgan fingerprint density at radius 3 is 1.67 bits per heavy atom. The maximum absolute atomic E-state index is 10.5. The van der Waals surface area contributed by atoms with Crippen LogP contribution in [0.2, 0.25) is 0 Å². The Labute approximate surface area is 252 Å². The molecule has 5 aliphatic rings. The number of fused-ring (bicyclic) bond motifs is 6. The summed E-state index contributed by atoms with van der Waals surface area (Å²) in [4.78, 5) is 0. The average molecular weight is 557 g/mol. The SMILES string of the molecule is OB(O)c1c2ccccc2c(-c2ccc3c(c2)-c2cc4ccccc4cc2C32C3CC4CC(C3)CC2C4)c2ccccc12. The Kier molecular flexibility index (Phi) is 4.90. The molecule has 4 bridgehead atoms. The molecule has 43 heavy (non-hydrogen) atoms. The maximum Gasteiger partial charge on any atom is 0.489 e. The van der Waals surface area contributed by atoms with Crippen molar-refractivity contribution in [3.63, 3.8) is 0 Å². The quantitative estimate of drug-likeness (QED) is 0.167. The Bertz CT molecular complexity index is 2060. The minimum absolute atomic E-state index is 0.121. The second kappa shape index (κ2) is 8.59. The smallest absolute Gasteiger partial charge is 0.423 e. The van der Waals surface area contributed by atoms with Gasteiger partial charge in [0.05, 0.1) is 0 Å². The molecule has 2 nitrogen and oxygen atoms in total. The Balaban J connectivity index is 1.29. The van der Waals surface area contributed by atoms with Gasteiger partial charge in [-0.2, -0.15) is 0 Å². The normalized spacial score (nSPS) is 26.5. The lowest BCUT2D eigenvalue weighted by atomic mass is 9.43. The Morgan fingerprint density at radius 2 is 1.07 bits per heavy atom. The molecule has 2 N–H and O–H groups in total. The highest BCUT2D eigenvalue weighted by molar-refractivity contribution is 6.66. The predicted molar refractivity (Wildman–Crippen MR) is 177 cm³/mol. The third-order valence-electron chi connectivity index (χ3n) is 12.0.